The van der Waals surface area contributed by atoms with Crippen LogP contribution in [0, 0.1) is 0 Å². The summed E-state index contributed by atoms with van der Waals surface area (Å²) in [5, 5.41) is 5.87. The Morgan fingerprint density at radius 1 is 1.73 bits per heavy atom. The van der Waals surface area contributed by atoms with Gasteiger partial charge in [0.1, 0.15) is 6.26 Å². The minimum atomic E-state index is -0.549. The van der Waals surface area contributed by atoms with Crippen LogP contribution >= 0.6 is 0 Å². The molecule has 0 saturated heterocycles. The highest BCUT2D eigenvalue weighted by atomic mass is 16.5. The highest BCUT2D eigenvalue weighted by Gasteiger charge is 2.12. The Kier molecular flexibility index (Phi) is 4.30. The maximum Gasteiger partial charge on any atom is 0.329 e. The Bertz CT molecular complexity index is 312. The Hall–Kier alpha value is -1.89. The molecule has 0 bridgehead atoms. The van der Waals surface area contributed by atoms with Gasteiger partial charge in [-0.05, 0) is 13.0 Å². The zero-order valence-corrected chi connectivity index (χ0v) is 8.05. The van der Waals surface area contributed by atoms with Crippen molar-refractivity contribution in [1.29, 1.82) is 0 Å². The number of amides is 3. The summed E-state index contributed by atoms with van der Waals surface area (Å²) in [6, 6.07) is 0.927. The number of rotatable bonds is 5. The van der Waals surface area contributed by atoms with Crippen LogP contribution in [0.5, 0.6) is 0 Å². The summed E-state index contributed by atoms with van der Waals surface area (Å²) in [7, 11) is 0. The lowest BCUT2D eigenvalue weighted by Gasteiger charge is -2.14. The molecule has 1 aromatic heterocycles. The third-order valence-corrected chi connectivity index (χ3v) is 1.66. The standard InChI is InChI=1S/C8H12N4O3/c9-3-1-4-12(6-13)8(14)10-7-2-5-15-11-7/h2,5-6H,1,3-4,9H2,(H,10,11,14). The Morgan fingerprint density at radius 3 is 3.07 bits per heavy atom. The first kappa shape index (κ1) is 11.2. The van der Waals surface area contributed by atoms with Crippen molar-refractivity contribution in [2.24, 2.45) is 5.73 Å². The molecule has 1 rings (SSSR count). The largest absolute Gasteiger partial charge is 0.363 e. The minimum absolute atomic E-state index is 0.264. The Labute approximate surface area is 86.2 Å². The van der Waals surface area contributed by atoms with Gasteiger partial charge in [0.2, 0.25) is 6.41 Å². The third kappa shape index (κ3) is 3.39. The summed E-state index contributed by atoms with van der Waals surface area (Å²) in [6.07, 6.45) is 2.33. The van der Waals surface area contributed by atoms with Crippen LogP contribution in [0.3, 0.4) is 0 Å². The molecular formula is C8H12N4O3. The highest BCUT2D eigenvalue weighted by molar-refractivity contribution is 5.94. The van der Waals surface area contributed by atoms with E-state index in [0.717, 1.165) is 4.90 Å². The first-order valence-corrected chi connectivity index (χ1v) is 4.41. The average molecular weight is 212 g/mol. The molecule has 0 aliphatic heterocycles. The number of nitrogens with zero attached hydrogens (tertiary/aromatic N) is 2. The topological polar surface area (TPSA) is 101 Å². The lowest BCUT2D eigenvalue weighted by Crippen LogP contribution is -2.35. The first-order valence-electron chi connectivity index (χ1n) is 4.41. The number of nitrogens with one attached hydrogen (secondary N) is 1. The molecule has 0 unspecified atom stereocenters. The summed E-state index contributed by atoms with van der Waals surface area (Å²) >= 11 is 0. The van der Waals surface area contributed by atoms with Crippen LogP contribution in [0.4, 0.5) is 10.6 Å². The van der Waals surface area contributed by atoms with Crippen molar-refractivity contribution in [3.05, 3.63) is 12.3 Å². The molecule has 0 radical (unpaired) electrons. The van der Waals surface area contributed by atoms with Crippen molar-refractivity contribution in [1.82, 2.24) is 10.1 Å². The molecule has 0 aliphatic rings. The quantitative estimate of drug-likeness (QED) is 0.669. The van der Waals surface area contributed by atoms with Crippen molar-refractivity contribution < 1.29 is 14.1 Å². The molecule has 0 saturated carbocycles. The molecule has 3 N–H and O–H groups in total. The molecule has 3 amide bonds. The van der Waals surface area contributed by atoms with E-state index in [9.17, 15) is 9.59 Å². The molecule has 1 aromatic rings. The molecule has 7 nitrogen and oxygen atoms in total. The van der Waals surface area contributed by atoms with Crippen LogP contribution in [0.25, 0.3) is 0 Å². The van der Waals surface area contributed by atoms with E-state index in [0.29, 0.717) is 19.4 Å². The monoisotopic (exact) mass is 212 g/mol. The van der Waals surface area contributed by atoms with E-state index >= 15 is 0 Å². The average Bonchev–Trinajstić information content (AvgIpc) is 2.71. The smallest absolute Gasteiger partial charge is 0.329 e. The van der Waals surface area contributed by atoms with Crippen LogP contribution in [0.2, 0.25) is 0 Å². The Morgan fingerprint density at radius 2 is 2.53 bits per heavy atom. The van der Waals surface area contributed by atoms with Crippen molar-refractivity contribution in [2.75, 3.05) is 18.4 Å². The number of carbonyl (C=O) groups is 2. The fourth-order valence-corrected chi connectivity index (χ4v) is 0.922. The number of carbonyl (C=O) groups excluding carboxylic acids is 2. The van der Waals surface area contributed by atoms with E-state index in [1.807, 2.05) is 0 Å². The molecule has 7 heteroatoms. The number of urea groups is 1. The predicted octanol–water partition coefficient (Wildman–Crippen LogP) is 0.0137. The summed E-state index contributed by atoms with van der Waals surface area (Å²) in [5.41, 5.74) is 5.27. The van der Waals surface area contributed by atoms with Crippen LogP contribution in [-0.4, -0.2) is 35.6 Å². The van der Waals surface area contributed by atoms with Crippen LogP contribution in [-0.2, 0) is 4.79 Å². The van der Waals surface area contributed by atoms with Gasteiger partial charge in [0, 0.05) is 12.6 Å². The third-order valence-electron chi connectivity index (χ3n) is 1.66. The van der Waals surface area contributed by atoms with Gasteiger partial charge in [0.15, 0.2) is 5.82 Å². The van der Waals surface area contributed by atoms with Crippen molar-refractivity contribution in [3.8, 4) is 0 Å². The van der Waals surface area contributed by atoms with Crippen LogP contribution in [0.15, 0.2) is 16.9 Å². The van der Waals surface area contributed by atoms with Gasteiger partial charge < -0.3 is 10.3 Å². The number of imide groups is 1. The SMILES string of the molecule is NCCCN(C=O)C(=O)Nc1ccon1. The lowest BCUT2D eigenvalue weighted by atomic mass is 10.4. The minimum Gasteiger partial charge on any atom is -0.363 e. The van der Waals surface area contributed by atoms with Gasteiger partial charge in [0.25, 0.3) is 0 Å². The number of hydrogen-bond donors (Lipinski definition) is 2. The van der Waals surface area contributed by atoms with Crippen molar-refractivity contribution >= 4 is 18.3 Å². The van der Waals surface area contributed by atoms with Gasteiger partial charge in [-0.25, -0.2) is 4.79 Å². The number of hydrogen-bond acceptors (Lipinski definition) is 5. The van der Waals surface area contributed by atoms with E-state index in [2.05, 4.69) is 15.0 Å². The fraction of sp³-hybridized carbons (Fsp3) is 0.375. The van der Waals surface area contributed by atoms with Crippen molar-refractivity contribution in [2.45, 2.75) is 6.42 Å². The predicted molar refractivity (Wildman–Crippen MR) is 52.0 cm³/mol. The molecule has 0 aliphatic carbocycles. The van der Waals surface area contributed by atoms with E-state index in [4.69, 9.17) is 5.73 Å². The molecule has 15 heavy (non-hydrogen) atoms. The van der Waals surface area contributed by atoms with Gasteiger partial charge in [-0.15, -0.1) is 0 Å². The molecular weight excluding hydrogens is 200 g/mol. The van der Waals surface area contributed by atoms with Crippen LogP contribution < -0.4 is 11.1 Å². The molecule has 1 heterocycles. The highest BCUT2D eigenvalue weighted by Crippen LogP contribution is 2.02. The van der Waals surface area contributed by atoms with Gasteiger partial charge in [-0.2, -0.15) is 0 Å². The molecule has 0 spiro atoms. The Balaban J connectivity index is 2.46. The number of anilines is 1. The summed E-state index contributed by atoms with van der Waals surface area (Å²) in [4.78, 5) is 23.0. The molecule has 0 fully saturated rings. The second-order valence-corrected chi connectivity index (χ2v) is 2.76. The maximum absolute atomic E-state index is 11.4. The van der Waals surface area contributed by atoms with E-state index in [1.165, 1.54) is 12.3 Å². The van der Waals surface area contributed by atoms with E-state index < -0.39 is 6.03 Å². The second-order valence-electron chi connectivity index (χ2n) is 2.76. The fourth-order valence-electron chi connectivity index (χ4n) is 0.922. The van der Waals surface area contributed by atoms with E-state index in [-0.39, 0.29) is 12.4 Å². The first-order chi connectivity index (χ1) is 7.27. The normalized spacial score (nSPS) is 9.67. The van der Waals surface area contributed by atoms with Gasteiger partial charge in [-0.1, -0.05) is 5.16 Å². The number of nitrogens with two attached hydrogens (primary N) is 1. The second kappa shape index (κ2) is 5.76. The summed E-state index contributed by atoms with van der Waals surface area (Å²) in [6.45, 7) is 0.700. The lowest BCUT2D eigenvalue weighted by molar-refractivity contribution is -0.115. The molecule has 82 valence electrons. The summed E-state index contributed by atoms with van der Waals surface area (Å²) in [5.74, 6) is 0.264. The van der Waals surface area contributed by atoms with Crippen LogP contribution in [0.1, 0.15) is 6.42 Å². The summed E-state index contributed by atoms with van der Waals surface area (Å²) < 4.78 is 4.52. The molecule has 0 atom stereocenters. The zero-order valence-electron chi connectivity index (χ0n) is 8.05. The van der Waals surface area contributed by atoms with Gasteiger partial charge >= 0.3 is 6.03 Å². The maximum atomic E-state index is 11.4. The zero-order chi connectivity index (χ0) is 11.1. The van der Waals surface area contributed by atoms with Gasteiger partial charge in [-0.3, -0.25) is 15.0 Å². The molecule has 0 aromatic carbocycles. The van der Waals surface area contributed by atoms with Gasteiger partial charge in [0.05, 0.1) is 0 Å². The van der Waals surface area contributed by atoms with Crippen molar-refractivity contribution in [3.63, 3.8) is 0 Å². The number of aromatic nitrogens is 1. The van der Waals surface area contributed by atoms with E-state index in [1.54, 1.807) is 0 Å².